The Bertz CT molecular complexity index is 405. The fraction of sp³-hybridized carbons (Fsp3) is 0.769. The summed E-state index contributed by atoms with van der Waals surface area (Å²) in [6, 6.07) is 0.219. The van der Waals surface area contributed by atoms with Gasteiger partial charge in [0.25, 0.3) is 0 Å². The third-order valence-electron chi connectivity index (χ3n) is 2.53. The standard InChI is InChI=1S/C13H25N5O2/c1-5-14-13(16-10(2)9-19-4)15-8-6-7-12-17-11(3)18-20-12/h10H,5-9H2,1-4H3,(H2,14,15,16). The van der Waals surface area contributed by atoms with Crippen molar-refractivity contribution in [2.45, 2.75) is 39.7 Å². The van der Waals surface area contributed by atoms with Crippen molar-refractivity contribution < 1.29 is 9.26 Å². The summed E-state index contributed by atoms with van der Waals surface area (Å²) in [5.74, 6) is 2.15. The summed E-state index contributed by atoms with van der Waals surface area (Å²) in [5.41, 5.74) is 0. The molecule has 1 rings (SSSR count). The lowest BCUT2D eigenvalue weighted by Crippen LogP contribution is -2.44. The van der Waals surface area contributed by atoms with Crippen LogP contribution >= 0.6 is 0 Å². The van der Waals surface area contributed by atoms with Crippen molar-refractivity contribution in [3.8, 4) is 0 Å². The molecule has 0 saturated heterocycles. The van der Waals surface area contributed by atoms with Crippen molar-refractivity contribution in [3.05, 3.63) is 11.7 Å². The van der Waals surface area contributed by atoms with Crippen LogP contribution in [0.25, 0.3) is 0 Å². The highest BCUT2D eigenvalue weighted by molar-refractivity contribution is 5.80. The maximum Gasteiger partial charge on any atom is 0.226 e. The molecule has 2 N–H and O–H groups in total. The molecule has 0 amide bonds. The zero-order valence-electron chi connectivity index (χ0n) is 12.8. The normalized spacial score (nSPS) is 13.3. The second-order valence-corrected chi connectivity index (χ2v) is 4.60. The van der Waals surface area contributed by atoms with Crippen LogP contribution in [0.1, 0.15) is 32.0 Å². The number of hydrogen-bond donors (Lipinski definition) is 2. The van der Waals surface area contributed by atoms with Gasteiger partial charge in [-0.3, -0.25) is 4.99 Å². The van der Waals surface area contributed by atoms with E-state index in [4.69, 9.17) is 9.26 Å². The van der Waals surface area contributed by atoms with Crippen molar-refractivity contribution >= 4 is 5.96 Å². The van der Waals surface area contributed by atoms with Gasteiger partial charge in [0.05, 0.1) is 6.61 Å². The van der Waals surface area contributed by atoms with Crippen LogP contribution in [0.15, 0.2) is 9.52 Å². The zero-order valence-corrected chi connectivity index (χ0v) is 12.8. The first kappa shape index (κ1) is 16.4. The number of aromatic nitrogens is 2. The SMILES string of the molecule is CCNC(=NCCCc1nc(C)no1)NC(C)COC. The minimum atomic E-state index is 0.219. The summed E-state index contributed by atoms with van der Waals surface area (Å²) in [7, 11) is 1.69. The molecule has 0 aromatic carbocycles. The van der Waals surface area contributed by atoms with E-state index in [1.54, 1.807) is 7.11 Å². The van der Waals surface area contributed by atoms with Crippen LogP contribution in [0.4, 0.5) is 0 Å². The lowest BCUT2D eigenvalue weighted by Gasteiger charge is -2.16. The van der Waals surface area contributed by atoms with Gasteiger partial charge in [-0.1, -0.05) is 5.16 Å². The maximum atomic E-state index is 5.10. The average Bonchev–Trinajstić information content (AvgIpc) is 2.81. The molecular formula is C13H25N5O2. The third kappa shape index (κ3) is 6.51. The summed E-state index contributed by atoms with van der Waals surface area (Å²) >= 11 is 0. The van der Waals surface area contributed by atoms with E-state index in [2.05, 4.69) is 32.7 Å². The predicted octanol–water partition coefficient (Wildman–Crippen LogP) is 0.901. The van der Waals surface area contributed by atoms with Gasteiger partial charge in [-0.05, 0) is 27.2 Å². The van der Waals surface area contributed by atoms with Crippen LogP contribution in [0.3, 0.4) is 0 Å². The Balaban J connectivity index is 2.34. The van der Waals surface area contributed by atoms with Gasteiger partial charge < -0.3 is 19.9 Å². The van der Waals surface area contributed by atoms with Crippen LogP contribution in [0.2, 0.25) is 0 Å². The topological polar surface area (TPSA) is 84.6 Å². The van der Waals surface area contributed by atoms with E-state index in [1.807, 2.05) is 13.8 Å². The molecule has 114 valence electrons. The Morgan fingerprint density at radius 3 is 2.90 bits per heavy atom. The van der Waals surface area contributed by atoms with Crippen LogP contribution in [0, 0.1) is 6.92 Å². The second kappa shape index (κ2) is 9.30. The predicted molar refractivity (Wildman–Crippen MR) is 77.8 cm³/mol. The fourth-order valence-corrected chi connectivity index (χ4v) is 1.71. The number of nitrogens with one attached hydrogen (secondary N) is 2. The summed E-state index contributed by atoms with van der Waals surface area (Å²) in [6.45, 7) is 8.09. The molecule has 20 heavy (non-hydrogen) atoms. The monoisotopic (exact) mass is 283 g/mol. The fourth-order valence-electron chi connectivity index (χ4n) is 1.71. The molecule has 1 atom stereocenters. The molecule has 0 radical (unpaired) electrons. The highest BCUT2D eigenvalue weighted by atomic mass is 16.5. The van der Waals surface area contributed by atoms with E-state index in [1.165, 1.54) is 0 Å². The van der Waals surface area contributed by atoms with E-state index >= 15 is 0 Å². The highest BCUT2D eigenvalue weighted by Crippen LogP contribution is 2.00. The molecule has 1 aromatic rings. The maximum absolute atomic E-state index is 5.10. The Morgan fingerprint density at radius 1 is 1.50 bits per heavy atom. The summed E-state index contributed by atoms with van der Waals surface area (Å²) < 4.78 is 10.2. The molecule has 0 spiro atoms. The molecule has 0 fully saturated rings. The van der Waals surface area contributed by atoms with Gasteiger partial charge in [0.15, 0.2) is 11.8 Å². The van der Waals surface area contributed by atoms with Gasteiger partial charge >= 0.3 is 0 Å². The Labute approximate surface area is 120 Å². The molecule has 1 aromatic heterocycles. The number of rotatable bonds is 8. The number of hydrogen-bond acceptors (Lipinski definition) is 5. The van der Waals surface area contributed by atoms with Crippen molar-refractivity contribution in [2.75, 3.05) is 26.8 Å². The molecule has 0 aliphatic carbocycles. The van der Waals surface area contributed by atoms with Crippen molar-refractivity contribution in [1.29, 1.82) is 0 Å². The van der Waals surface area contributed by atoms with Crippen molar-refractivity contribution in [3.63, 3.8) is 0 Å². The summed E-state index contributed by atoms with van der Waals surface area (Å²) in [5, 5.41) is 10.2. The largest absolute Gasteiger partial charge is 0.383 e. The van der Waals surface area contributed by atoms with Crippen LogP contribution in [-0.2, 0) is 11.2 Å². The molecule has 1 unspecified atom stereocenters. The van der Waals surface area contributed by atoms with E-state index in [0.29, 0.717) is 24.9 Å². The molecule has 7 heteroatoms. The Kier molecular flexibility index (Phi) is 7.64. The van der Waals surface area contributed by atoms with Crippen molar-refractivity contribution in [2.24, 2.45) is 4.99 Å². The van der Waals surface area contributed by atoms with Crippen LogP contribution < -0.4 is 10.6 Å². The highest BCUT2D eigenvalue weighted by Gasteiger charge is 2.05. The first-order valence-corrected chi connectivity index (χ1v) is 6.98. The zero-order chi connectivity index (χ0) is 14.8. The van der Waals surface area contributed by atoms with Crippen LogP contribution in [0.5, 0.6) is 0 Å². The molecule has 1 heterocycles. The average molecular weight is 283 g/mol. The van der Waals surface area contributed by atoms with Crippen LogP contribution in [-0.4, -0.2) is 48.9 Å². The molecule has 0 saturated carbocycles. The second-order valence-electron chi connectivity index (χ2n) is 4.60. The van der Waals surface area contributed by atoms with E-state index in [0.717, 1.165) is 25.3 Å². The van der Waals surface area contributed by atoms with E-state index < -0.39 is 0 Å². The molecule has 0 bridgehead atoms. The lowest BCUT2D eigenvalue weighted by atomic mass is 10.3. The van der Waals surface area contributed by atoms with Gasteiger partial charge in [0.1, 0.15) is 0 Å². The van der Waals surface area contributed by atoms with E-state index in [9.17, 15) is 0 Å². The van der Waals surface area contributed by atoms with E-state index in [-0.39, 0.29) is 6.04 Å². The lowest BCUT2D eigenvalue weighted by molar-refractivity contribution is 0.179. The number of guanidine groups is 1. The number of ether oxygens (including phenoxy) is 1. The number of nitrogens with zero attached hydrogens (tertiary/aromatic N) is 3. The van der Waals surface area contributed by atoms with Gasteiger partial charge in [-0.2, -0.15) is 4.98 Å². The van der Waals surface area contributed by atoms with Gasteiger partial charge in [0.2, 0.25) is 5.89 Å². The molecule has 0 aliphatic rings. The van der Waals surface area contributed by atoms with Crippen molar-refractivity contribution in [1.82, 2.24) is 20.8 Å². The minimum absolute atomic E-state index is 0.219. The number of methoxy groups -OCH3 is 1. The van der Waals surface area contributed by atoms with Gasteiger partial charge in [0, 0.05) is 32.7 Å². The smallest absolute Gasteiger partial charge is 0.226 e. The summed E-state index contributed by atoms with van der Waals surface area (Å²) in [4.78, 5) is 8.67. The number of aryl methyl sites for hydroxylation is 2. The first-order valence-electron chi connectivity index (χ1n) is 6.98. The molecular weight excluding hydrogens is 258 g/mol. The van der Waals surface area contributed by atoms with Gasteiger partial charge in [-0.15, -0.1) is 0 Å². The molecule has 7 nitrogen and oxygen atoms in total. The first-order chi connectivity index (χ1) is 9.65. The molecule has 0 aliphatic heterocycles. The summed E-state index contributed by atoms with van der Waals surface area (Å²) in [6.07, 6.45) is 1.62. The number of aliphatic imine (C=N–C) groups is 1. The quantitative estimate of drug-likeness (QED) is 0.419. The van der Waals surface area contributed by atoms with Gasteiger partial charge in [-0.25, -0.2) is 0 Å². The third-order valence-corrected chi connectivity index (χ3v) is 2.53. The Hall–Kier alpha value is -1.63. The minimum Gasteiger partial charge on any atom is -0.383 e. The Morgan fingerprint density at radius 2 is 2.30 bits per heavy atom.